The molecule has 0 aliphatic heterocycles. The highest BCUT2D eigenvalue weighted by atomic mass is 16.5. The summed E-state index contributed by atoms with van der Waals surface area (Å²) in [6.07, 6.45) is 3.16. The molecule has 13 heavy (non-hydrogen) atoms. The van der Waals surface area contributed by atoms with Crippen molar-refractivity contribution in [2.24, 2.45) is 0 Å². The molecule has 0 aromatic carbocycles. The van der Waals surface area contributed by atoms with E-state index in [2.05, 4.69) is 6.92 Å². The van der Waals surface area contributed by atoms with E-state index in [0.717, 1.165) is 26.1 Å². The summed E-state index contributed by atoms with van der Waals surface area (Å²) in [6, 6.07) is 0. The Morgan fingerprint density at radius 2 is 1.69 bits per heavy atom. The van der Waals surface area contributed by atoms with Gasteiger partial charge in [-0.1, -0.05) is 13.3 Å². The fourth-order valence-electron chi connectivity index (χ4n) is 0.827. The summed E-state index contributed by atoms with van der Waals surface area (Å²) in [6.45, 7) is 6.08. The SMILES string of the molecule is CCCCOCCCOCC(C)=O. The van der Waals surface area contributed by atoms with Gasteiger partial charge in [0.05, 0.1) is 0 Å². The van der Waals surface area contributed by atoms with Crippen molar-refractivity contribution in [2.75, 3.05) is 26.4 Å². The van der Waals surface area contributed by atoms with Crippen molar-refractivity contribution in [3.05, 3.63) is 0 Å². The second-order valence-corrected chi connectivity index (χ2v) is 3.07. The third-order valence-corrected chi connectivity index (χ3v) is 1.52. The number of hydrogen-bond acceptors (Lipinski definition) is 3. The summed E-state index contributed by atoms with van der Waals surface area (Å²) in [5.74, 6) is 0.0758. The molecule has 0 atom stereocenters. The molecule has 0 aliphatic carbocycles. The summed E-state index contributed by atoms with van der Waals surface area (Å²) < 4.78 is 10.4. The Kier molecular flexibility index (Phi) is 9.37. The van der Waals surface area contributed by atoms with Gasteiger partial charge in [-0.25, -0.2) is 0 Å². The quantitative estimate of drug-likeness (QED) is 0.517. The van der Waals surface area contributed by atoms with E-state index in [4.69, 9.17) is 9.47 Å². The second kappa shape index (κ2) is 9.68. The van der Waals surface area contributed by atoms with Crippen LogP contribution in [-0.2, 0) is 14.3 Å². The zero-order valence-corrected chi connectivity index (χ0v) is 8.67. The number of Topliss-reactive ketones (excluding diaryl/α,β-unsaturated/α-hetero) is 1. The van der Waals surface area contributed by atoms with E-state index >= 15 is 0 Å². The van der Waals surface area contributed by atoms with E-state index in [0.29, 0.717) is 6.61 Å². The first-order valence-corrected chi connectivity index (χ1v) is 4.92. The highest BCUT2D eigenvalue weighted by Gasteiger charge is 1.93. The van der Waals surface area contributed by atoms with Crippen molar-refractivity contribution in [2.45, 2.75) is 33.1 Å². The van der Waals surface area contributed by atoms with Crippen LogP contribution in [0.1, 0.15) is 33.1 Å². The first-order chi connectivity index (χ1) is 6.27. The summed E-state index contributed by atoms with van der Waals surface area (Å²) >= 11 is 0. The highest BCUT2D eigenvalue weighted by Crippen LogP contribution is 1.90. The molecular weight excluding hydrogens is 168 g/mol. The minimum absolute atomic E-state index is 0.0758. The monoisotopic (exact) mass is 188 g/mol. The second-order valence-electron chi connectivity index (χ2n) is 3.07. The van der Waals surface area contributed by atoms with Gasteiger partial charge in [0.1, 0.15) is 6.61 Å². The standard InChI is InChI=1S/C10H20O3/c1-3-4-6-12-7-5-8-13-9-10(2)11/h3-9H2,1-2H3. The fourth-order valence-corrected chi connectivity index (χ4v) is 0.827. The molecule has 0 aromatic heterocycles. The van der Waals surface area contributed by atoms with E-state index in [1.807, 2.05) is 0 Å². The lowest BCUT2D eigenvalue weighted by atomic mass is 10.4. The zero-order chi connectivity index (χ0) is 9.94. The largest absolute Gasteiger partial charge is 0.381 e. The Labute approximate surface area is 80.4 Å². The minimum Gasteiger partial charge on any atom is -0.381 e. The highest BCUT2D eigenvalue weighted by molar-refractivity contribution is 5.76. The minimum atomic E-state index is 0.0758. The van der Waals surface area contributed by atoms with Gasteiger partial charge in [-0.3, -0.25) is 4.79 Å². The van der Waals surface area contributed by atoms with Gasteiger partial charge >= 0.3 is 0 Å². The molecule has 0 bridgehead atoms. The third kappa shape index (κ3) is 11.6. The fraction of sp³-hybridized carbons (Fsp3) is 0.900. The molecule has 3 nitrogen and oxygen atoms in total. The average molecular weight is 188 g/mol. The molecule has 0 aliphatic rings. The number of rotatable bonds is 9. The predicted molar refractivity (Wildman–Crippen MR) is 51.8 cm³/mol. The van der Waals surface area contributed by atoms with Crippen LogP contribution in [0, 0.1) is 0 Å². The number of ketones is 1. The lowest BCUT2D eigenvalue weighted by molar-refractivity contribution is -0.121. The molecule has 3 heteroatoms. The smallest absolute Gasteiger partial charge is 0.155 e. The molecule has 0 N–H and O–H groups in total. The molecular formula is C10H20O3. The summed E-state index contributed by atoms with van der Waals surface area (Å²) in [5.41, 5.74) is 0. The van der Waals surface area contributed by atoms with E-state index in [1.165, 1.54) is 13.3 Å². The van der Waals surface area contributed by atoms with Crippen molar-refractivity contribution in [1.82, 2.24) is 0 Å². The summed E-state index contributed by atoms with van der Waals surface area (Å²) in [4.78, 5) is 10.5. The Bertz CT molecular complexity index is 123. The molecule has 0 unspecified atom stereocenters. The van der Waals surface area contributed by atoms with Crippen molar-refractivity contribution in [3.63, 3.8) is 0 Å². The van der Waals surface area contributed by atoms with Crippen LogP contribution < -0.4 is 0 Å². The molecule has 0 saturated heterocycles. The van der Waals surface area contributed by atoms with Crippen LogP contribution in [-0.4, -0.2) is 32.2 Å². The van der Waals surface area contributed by atoms with Crippen LogP contribution >= 0.6 is 0 Å². The van der Waals surface area contributed by atoms with Crippen molar-refractivity contribution >= 4 is 5.78 Å². The van der Waals surface area contributed by atoms with Gasteiger partial charge in [-0.05, 0) is 19.8 Å². The number of carbonyl (C=O) groups is 1. The van der Waals surface area contributed by atoms with Crippen LogP contribution in [0.2, 0.25) is 0 Å². The van der Waals surface area contributed by atoms with Crippen LogP contribution in [0.25, 0.3) is 0 Å². The van der Waals surface area contributed by atoms with Gasteiger partial charge < -0.3 is 9.47 Å². The van der Waals surface area contributed by atoms with Crippen molar-refractivity contribution < 1.29 is 14.3 Å². The van der Waals surface area contributed by atoms with Gasteiger partial charge in [-0.2, -0.15) is 0 Å². The Morgan fingerprint density at radius 1 is 1.08 bits per heavy atom. The van der Waals surface area contributed by atoms with Gasteiger partial charge in [0.25, 0.3) is 0 Å². The predicted octanol–water partition coefficient (Wildman–Crippen LogP) is 1.80. The van der Waals surface area contributed by atoms with Crippen molar-refractivity contribution in [3.8, 4) is 0 Å². The normalized spacial score (nSPS) is 10.3. The number of unbranched alkanes of at least 4 members (excludes halogenated alkanes) is 1. The molecule has 0 spiro atoms. The molecule has 0 rings (SSSR count). The molecule has 0 radical (unpaired) electrons. The van der Waals surface area contributed by atoms with E-state index < -0.39 is 0 Å². The summed E-state index contributed by atoms with van der Waals surface area (Å²) in [7, 11) is 0. The van der Waals surface area contributed by atoms with E-state index in [1.54, 1.807) is 0 Å². The lowest BCUT2D eigenvalue weighted by Gasteiger charge is -2.03. The maximum atomic E-state index is 10.5. The number of carbonyl (C=O) groups excluding carboxylic acids is 1. The Morgan fingerprint density at radius 3 is 2.31 bits per heavy atom. The molecule has 0 fully saturated rings. The maximum Gasteiger partial charge on any atom is 0.155 e. The first kappa shape index (κ1) is 12.6. The van der Waals surface area contributed by atoms with Crippen LogP contribution in [0.5, 0.6) is 0 Å². The summed E-state index contributed by atoms with van der Waals surface area (Å²) in [5, 5.41) is 0. The zero-order valence-electron chi connectivity index (χ0n) is 8.67. The van der Waals surface area contributed by atoms with E-state index in [-0.39, 0.29) is 12.4 Å². The maximum absolute atomic E-state index is 10.5. The lowest BCUT2D eigenvalue weighted by Crippen LogP contribution is -2.07. The molecule has 0 heterocycles. The Hall–Kier alpha value is -0.410. The van der Waals surface area contributed by atoms with Crippen LogP contribution in [0.15, 0.2) is 0 Å². The van der Waals surface area contributed by atoms with Crippen LogP contribution in [0.4, 0.5) is 0 Å². The number of hydrogen-bond donors (Lipinski definition) is 0. The third-order valence-electron chi connectivity index (χ3n) is 1.52. The van der Waals surface area contributed by atoms with Gasteiger partial charge in [0.15, 0.2) is 5.78 Å². The topological polar surface area (TPSA) is 35.5 Å². The molecule has 0 aromatic rings. The van der Waals surface area contributed by atoms with E-state index in [9.17, 15) is 4.79 Å². The van der Waals surface area contributed by atoms with Gasteiger partial charge in [0.2, 0.25) is 0 Å². The van der Waals surface area contributed by atoms with Gasteiger partial charge in [0, 0.05) is 19.8 Å². The number of ether oxygens (including phenoxy) is 2. The first-order valence-electron chi connectivity index (χ1n) is 4.92. The molecule has 0 saturated carbocycles. The average Bonchev–Trinajstić information content (AvgIpc) is 2.09. The molecule has 0 amide bonds. The Balaban J connectivity index is 2.87. The molecule has 78 valence electrons. The van der Waals surface area contributed by atoms with Crippen molar-refractivity contribution in [1.29, 1.82) is 0 Å². The van der Waals surface area contributed by atoms with Gasteiger partial charge in [-0.15, -0.1) is 0 Å². The van der Waals surface area contributed by atoms with Crippen LogP contribution in [0.3, 0.4) is 0 Å².